The van der Waals surface area contributed by atoms with Crippen molar-refractivity contribution in [2.45, 2.75) is 6.54 Å². The van der Waals surface area contributed by atoms with E-state index in [9.17, 15) is 9.59 Å². The van der Waals surface area contributed by atoms with Gasteiger partial charge in [-0.2, -0.15) is 0 Å². The molecule has 1 N–H and O–H groups in total. The number of halogens is 1. The predicted molar refractivity (Wildman–Crippen MR) is 94.9 cm³/mol. The molecule has 24 heavy (non-hydrogen) atoms. The average Bonchev–Trinajstić information content (AvgIpc) is 2.56. The molecule has 1 aromatic carbocycles. The molecule has 6 nitrogen and oxygen atoms in total. The predicted octanol–water partition coefficient (Wildman–Crippen LogP) is 0.662. The third kappa shape index (κ3) is 5.78. The summed E-state index contributed by atoms with van der Waals surface area (Å²) < 4.78 is 0. The van der Waals surface area contributed by atoms with Crippen LogP contribution in [0.3, 0.4) is 0 Å². The Bertz CT molecular complexity index is 573. The lowest BCUT2D eigenvalue weighted by molar-refractivity contribution is -0.135. The van der Waals surface area contributed by atoms with Gasteiger partial charge in [-0.25, -0.2) is 0 Å². The number of hydrogen-bond donors (Lipinski definition) is 1. The van der Waals surface area contributed by atoms with Crippen LogP contribution in [0.5, 0.6) is 0 Å². The highest BCUT2D eigenvalue weighted by Crippen LogP contribution is 2.14. The van der Waals surface area contributed by atoms with Crippen molar-refractivity contribution in [2.24, 2.45) is 0 Å². The molecule has 7 heteroatoms. The molecule has 132 valence electrons. The van der Waals surface area contributed by atoms with Crippen LogP contribution >= 0.6 is 11.6 Å². The number of benzene rings is 1. The van der Waals surface area contributed by atoms with Crippen LogP contribution in [0.2, 0.25) is 5.02 Å². The SMILES string of the molecule is CNC(=O)CN(C)C(=O)CN1CCN(Cc2cccc(Cl)c2)CC1. The number of piperazine rings is 1. The summed E-state index contributed by atoms with van der Waals surface area (Å²) >= 11 is 6.02. The van der Waals surface area contributed by atoms with E-state index < -0.39 is 0 Å². The zero-order valence-corrected chi connectivity index (χ0v) is 15.1. The van der Waals surface area contributed by atoms with Crippen molar-refractivity contribution < 1.29 is 9.59 Å². The molecule has 0 aromatic heterocycles. The van der Waals surface area contributed by atoms with Crippen LogP contribution in [0.1, 0.15) is 5.56 Å². The van der Waals surface area contributed by atoms with Crippen molar-refractivity contribution >= 4 is 23.4 Å². The van der Waals surface area contributed by atoms with Gasteiger partial charge >= 0.3 is 0 Å². The summed E-state index contributed by atoms with van der Waals surface area (Å²) in [5.74, 6) is -0.181. The van der Waals surface area contributed by atoms with Crippen LogP contribution in [0, 0.1) is 0 Å². The molecule has 0 unspecified atom stereocenters. The Morgan fingerprint density at radius 1 is 1.21 bits per heavy atom. The number of likely N-dealkylation sites (N-methyl/N-ethyl adjacent to an activating group) is 2. The van der Waals surface area contributed by atoms with Crippen molar-refractivity contribution in [2.75, 3.05) is 53.4 Å². The highest BCUT2D eigenvalue weighted by Gasteiger charge is 2.21. The molecule has 1 fully saturated rings. The molecule has 1 saturated heterocycles. The second-order valence-electron chi connectivity index (χ2n) is 6.11. The van der Waals surface area contributed by atoms with Gasteiger partial charge in [0.1, 0.15) is 0 Å². The van der Waals surface area contributed by atoms with Crippen molar-refractivity contribution in [1.29, 1.82) is 0 Å². The first-order valence-electron chi connectivity index (χ1n) is 8.11. The fraction of sp³-hybridized carbons (Fsp3) is 0.529. The third-order valence-electron chi connectivity index (χ3n) is 4.20. The van der Waals surface area contributed by atoms with E-state index in [2.05, 4.69) is 21.2 Å². The molecule has 0 radical (unpaired) electrons. The normalized spacial score (nSPS) is 16.0. The van der Waals surface area contributed by atoms with E-state index in [1.165, 1.54) is 10.5 Å². The highest BCUT2D eigenvalue weighted by molar-refractivity contribution is 6.30. The average molecular weight is 353 g/mol. The summed E-state index contributed by atoms with van der Waals surface area (Å²) in [6, 6.07) is 7.92. The van der Waals surface area contributed by atoms with Crippen LogP contribution in [0.15, 0.2) is 24.3 Å². The lowest BCUT2D eigenvalue weighted by Gasteiger charge is -2.35. The standard InChI is InChI=1S/C17H25ClN4O2/c1-19-16(23)12-20(2)17(24)13-22-8-6-21(7-9-22)11-14-4-3-5-15(18)10-14/h3-5,10H,6-9,11-13H2,1-2H3,(H,19,23). The van der Waals surface area contributed by atoms with Crippen LogP contribution in [0.25, 0.3) is 0 Å². The van der Waals surface area contributed by atoms with Crippen molar-refractivity contribution in [3.63, 3.8) is 0 Å². The van der Waals surface area contributed by atoms with Gasteiger partial charge in [0, 0.05) is 51.8 Å². The maximum Gasteiger partial charge on any atom is 0.239 e. The van der Waals surface area contributed by atoms with Gasteiger partial charge in [0.2, 0.25) is 11.8 Å². The smallest absolute Gasteiger partial charge is 0.239 e. The van der Waals surface area contributed by atoms with E-state index in [1.54, 1.807) is 14.1 Å². The van der Waals surface area contributed by atoms with Gasteiger partial charge in [0.15, 0.2) is 0 Å². The fourth-order valence-electron chi connectivity index (χ4n) is 2.69. The van der Waals surface area contributed by atoms with Crippen LogP contribution in [0.4, 0.5) is 0 Å². The molecular weight excluding hydrogens is 328 g/mol. The van der Waals surface area contributed by atoms with E-state index in [0.29, 0.717) is 6.54 Å². The highest BCUT2D eigenvalue weighted by atomic mass is 35.5. The molecule has 1 aliphatic rings. The summed E-state index contributed by atoms with van der Waals surface area (Å²) in [7, 11) is 3.23. The molecule has 2 rings (SSSR count). The van der Waals surface area contributed by atoms with Crippen molar-refractivity contribution in [1.82, 2.24) is 20.0 Å². The number of rotatable bonds is 6. The molecule has 0 bridgehead atoms. The Kier molecular flexibility index (Phi) is 7.02. The van der Waals surface area contributed by atoms with Gasteiger partial charge in [-0.05, 0) is 17.7 Å². The molecule has 1 aliphatic heterocycles. The maximum absolute atomic E-state index is 12.1. The number of nitrogens with zero attached hydrogens (tertiary/aromatic N) is 3. The number of carbonyl (C=O) groups is 2. The maximum atomic E-state index is 12.1. The summed E-state index contributed by atoms with van der Waals surface area (Å²) in [5, 5.41) is 3.28. The number of carbonyl (C=O) groups excluding carboxylic acids is 2. The summed E-state index contributed by atoms with van der Waals surface area (Å²) in [6.07, 6.45) is 0. The monoisotopic (exact) mass is 352 g/mol. The number of nitrogens with one attached hydrogen (secondary N) is 1. The minimum atomic E-state index is -0.155. The summed E-state index contributed by atoms with van der Waals surface area (Å²) in [5.41, 5.74) is 1.21. The second kappa shape index (κ2) is 9.01. The molecule has 0 spiro atoms. The van der Waals surface area contributed by atoms with E-state index in [4.69, 9.17) is 11.6 Å². The minimum Gasteiger partial charge on any atom is -0.358 e. The van der Waals surface area contributed by atoms with Gasteiger partial charge in [-0.3, -0.25) is 19.4 Å². The van der Waals surface area contributed by atoms with Crippen LogP contribution < -0.4 is 5.32 Å². The van der Waals surface area contributed by atoms with Gasteiger partial charge in [0.25, 0.3) is 0 Å². The van der Waals surface area contributed by atoms with Gasteiger partial charge in [-0.1, -0.05) is 23.7 Å². The molecule has 0 saturated carbocycles. The topological polar surface area (TPSA) is 55.9 Å². The Labute approximate surface area is 148 Å². The summed E-state index contributed by atoms with van der Waals surface area (Å²) in [6.45, 7) is 4.86. The first kappa shape index (κ1) is 18.7. The van der Waals surface area contributed by atoms with Gasteiger partial charge < -0.3 is 10.2 Å². The van der Waals surface area contributed by atoms with E-state index >= 15 is 0 Å². The Morgan fingerprint density at radius 3 is 2.50 bits per heavy atom. The first-order chi connectivity index (χ1) is 11.5. The first-order valence-corrected chi connectivity index (χ1v) is 8.49. The van der Waals surface area contributed by atoms with Gasteiger partial charge in [0.05, 0.1) is 13.1 Å². The lowest BCUT2D eigenvalue weighted by atomic mass is 10.2. The largest absolute Gasteiger partial charge is 0.358 e. The molecule has 2 amide bonds. The molecule has 0 atom stereocenters. The van der Waals surface area contributed by atoms with E-state index in [0.717, 1.165) is 37.7 Å². The number of amides is 2. The van der Waals surface area contributed by atoms with E-state index in [1.807, 2.05) is 18.2 Å². The number of hydrogen-bond acceptors (Lipinski definition) is 4. The van der Waals surface area contributed by atoms with Gasteiger partial charge in [-0.15, -0.1) is 0 Å². The zero-order valence-electron chi connectivity index (χ0n) is 14.3. The van der Waals surface area contributed by atoms with Crippen LogP contribution in [-0.4, -0.2) is 79.9 Å². The lowest BCUT2D eigenvalue weighted by Crippen LogP contribution is -2.50. The zero-order chi connectivity index (χ0) is 17.5. The summed E-state index contributed by atoms with van der Waals surface area (Å²) in [4.78, 5) is 29.4. The second-order valence-corrected chi connectivity index (χ2v) is 6.54. The third-order valence-corrected chi connectivity index (χ3v) is 4.44. The molecule has 1 heterocycles. The fourth-order valence-corrected chi connectivity index (χ4v) is 2.91. The van der Waals surface area contributed by atoms with Crippen molar-refractivity contribution in [3.05, 3.63) is 34.9 Å². The Balaban J connectivity index is 1.74. The Hall–Kier alpha value is -1.63. The van der Waals surface area contributed by atoms with Crippen molar-refractivity contribution in [3.8, 4) is 0 Å². The molecule has 1 aromatic rings. The minimum absolute atomic E-state index is 0.0260. The van der Waals surface area contributed by atoms with E-state index in [-0.39, 0.29) is 18.4 Å². The molecular formula is C17H25ClN4O2. The Morgan fingerprint density at radius 2 is 1.88 bits per heavy atom. The quantitative estimate of drug-likeness (QED) is 0.817. The van der Waals surface area contributed by atoms with Crippen LogP contribution in [-0.2, 0) is 16.1 Å². The molecule has 0 aliphatic carbocycles.